The first-order valence-corrected chi connectivity index (χ1v) is 3.03. The Morgan fingerprint density at radius 3 is 2.00 bits per heavy atom. The number of hydrogen-bond donors (Lipinski definition) is 3. The van der Waals surface area contributed by atoms with Crippen LogP contribution in [0.15, 0.2) is 23.4 Å². The van der Waals surface area contributed by atoms with Crippen LogP contribution in [0.4, 0.5) is 0 Å². The minimum absolute atomic E-state index is 0.0121. The van der Waals surface area contributed by atoms with E-state index in [0.717, 1.165) is 0 Å². The summed E-state index contributed by atoms with van der Waals surface area (Å²) in [5, 5.41) is 7.07. The molecule has 0 saturated heterocycles. The van der Waals surface area contributed by atoms with Gasteiger partial charge in [-0.25, -0.2) is 0 Å². The Morgan fingerprint density at radius 2 is 1.90 bits per heavy atom. The van der Waals surface area contributed by atoms with E-state index in [4.69, 9.17) is 16.9 Å². The van der Waals surface area contributed by atoms with Crippen molar-refractivity contribution in [2.75, 3.05) is 0 Å². The van der Waals surface area contributed by atoms with Crippen molar-refractivity contribution in [2.24, 2.45) is 11.5 Å². The van der Waals surface area contributed by atoms with Gasteiger partial charge in [0, 0.05) is 11.3 Å². The minimum Gasteiger partial charge on any atom is -0.402 e. The highest BCUT2D eigenvalue weighted by Crippen LogP contribution is 1.99. The highest BCUT2D eigenvalue weighted by atomic mass is 14.7. The zero-order chi connectivity index (χ0) is 8.15. The van der Waals surface area contributed by atoms with E-state index in [-0.39, 0.29) is 5.84 Å². The molecule has 0 heterocycles. The van der Waals surface area contributed by atoms with E-state index in [1.54, 1.807) is 19.1 Å². The van der Waals surface area contributed by atoms with Gasteiger partial charge in [-0.05, 0) is 13.8 Å². The largest absolute Gasteiger partial charge is 0.402 e. The van der Waals surface area contributed by atoms with Crippen LogP contribution in [0.5, 0.6) is 0 Å². The van der Waals surface area contributed by atoms with Crippen molar-refractivity contribution in [3.05, 3.63) is 23.4 Å². The van der Waals surface area contributed by atoms with E-state index in [1.165, 1.54) is 0 Å². The van der Waals surface area contributed by atoms with Crippen LogP contribution in [0.25, 0.3) is 0 Å². The average molecular weight is 139 g/mol. The fourth-order valence-corrected chi connectivity index (χ4v) is 0.600. The highest BCUT2D eigenvalue weighted by molar-refractivity contribution is 5.97. The van der Waals surface area contributed by atoms with Gasteiger partial charge in [0.1, 0.15) is 5.84 Å². The number of hydrogen-bond acceptors (Lipinski definition) is 2. The molecule has 0 aliphatic heterocycles. The second-order valence-corrected chi connectivity index (χ2v) is 2.01. The van der Waals surface area contributed by atoms with Crippen LogP contribution in [0, 0.1) is 5.41 Å². The van der Waals surface area contributed by atoms with Crippen molar-refractivity contribution < 1.29 is 0 Å². The van der Waals surface area contributed by atoms with Gasteiger partial charge in [0.15, 0.2) is 0 Å². The van der Waals surface area contributed by atoms with Gasteiger partial charge in [-0.3, -0.25) is 5.41 Å². The topological polar surface area (TPSA) is 75.9 Å². The van der Waals surface area contributed by atoms with E-state index < -0.39 is 0 Å². The Kier molecular flexibility index (Phi) is 3.25. The maximum absolute atomic E-state index is 7.07. The third-order valence-electron chi connectivity index (χ3n) is 1.05. The molecule has 0 saturated carbocycles. The van der Waals surface area contributed by atoms with Gasteiger partial charge in [0.2, 0.25) is 0 Å². The number of rotatable bonds is 2. The first kappa shape index (κ1) is 8.75. The Labute approximate surface area is 60.9 Å². The molecule has 3 heteroatoms. The zero-order valence-electron chi connectivity index (χ0n) is 6.31. The Hall–Kier alpha value is -1.25. The molecule has 0 unspecified atom stereocenters. The third kappa shape index (κ3) is 2.35. The molecule has 0 aliphatic rings. The number of nitrogens with two attached hydrogens (primary N) is 2. The molecule has 0 fully saturated rings. The lowest BCUT2D eigenvalue weighted by Gasteiger charge is -1.99. The second kappa shape index (κ2) is 3.71. The molecule has 0 aromatic carbocycles. The molecule has 0 aromatic heterocycles. The summed E-state index contributed by atoms with van der Waals surface area (Å²) < 4.78 is 0. The molecule has 0 aromatic rings. The molecule has 0 atom stereocenters. The Morgan fingerprint density at radius 1 is 1.40 bits per heavy atom. The van der Waals surface area contributed by atoms with Crippen LogP contribution in [0.1, 0.15) is 13.8 Å². The third-order valence-corrected chi connectivity index (χ3v) is 1.05. The second-order valence-electron chi connectivity index (χ2n) is 2.01. The van der Waals surface area contributed by atoms with Crippen molar-refractivity contribution in [3.8, 4) is 0 Å². The summed E-state index contributed by atoms with van der Waals surface area (Å²) in [6, 6.07) is 0. The van der Waals surface area contributed by atoms with Crippen LogP contribution < -0.4 is 11.5 Å². The van der Waals surface area contributed by atoms with Crippen LogP contribution in [-0.2, 0) is 0 Å². The lowest BCUT2D eigenvalue weighted by atomic mass is 10.2. The van der Waals surface area contributed by atoms with Crippen molar-refractivity contribution in [1.82, 2.24) is 0 Å². The van der Waals surface area contributed by atoms with Gasteiger partial charge in [-0.15, -0.1) is 0 Å². The van der Waals surface area contributed by atoms with Crippen molar-refractivity contribution in [3.63, 3.8) is 0 Å². The number of allylic oxidation sites excluding steroid dienone is 2. The molecule has 0 spiro atoms. The van der Waals surface area contributed by atoms with Crippen LogP contribution in [-0.4, -0.2) is 5.84 Å². The molecule has 0 bridgehead atoms. The summed E-state index contributed by atoms with van der Waals surface area (Å²) in [4.78, 5) is 0. The van der Waals surface area contributed by atoms with Crippen LogP contribution in [0.3, 0.4) is 0 Å². The van der Waals surface area contributed by atoms with E-state index in [0.29, 0.717) is 11.3 Å². The van der Waals surface area contributed by atoms with Gasteiger partial charge < -0.3 is 11.5 Å². The predicted molar refractivity (Wildman–Crippen MR) is 43.6 cm³/mol. The summed E-state index contributed by atoms with van der Waals surface area (Å²) in [6.45, 7) is 3.57. The van der Waals surface area contributed by atoms with Gasteiger partial charge >= 0.3 is 0 Å². The average Bonchev–Trinajstić information content (AvgIpc) is 1.81. The van der Waals surface area contributed by atoms with E-state index in [9.17, 15) is 0 Å². The van der Waals surface area contributed by atoms with Crippen molar-refractivity contribution in [1.29, 1.82) is 5.41 Å². The smallest absolute Gasteiger partial charge is 0.124 e. The molecule has 56 valence electrons. The monoisotopic (exact) mass is 139 g/mol. The van der Waals surface area contributed by atoms with E-state index >= 15 is 0 Å². The summed E-state index contributed by atoms with van der Waals surface area (Å²) in [7, 11) is 0. The molecule has 10 heavy (non-hydrogen) atoms. The van der Waals surface area contributed by atoms with E-state index in [1.807, 2.05) is 6.92 Å². The summed E-state index contributed by atoms with van der Waals surface area (Å²) in [5.74, 6) is 0.0121. The van der Waals surface area contributed by atoms with E-state index in [2.05, 4.69) is 0 Å². The fraction of sp³-hybridized carbons (Fsp3) is 0.286. The SMILES string of the molecule is C/C=C/C(C(=N)N)=C(/C)N. The number of amidine groups is 1. The zero-order valence-corrected chi connectivity index (χ0v) is 6.31. The normalized spacial score (nSPS) is 13.4. The van der Waals surface area contributed by atoms with Crippen LogP contribution >= 0.6 is 0 Å². The molecule has 0 amide bonds. The molecule has 5 N–H and O–H groups in total. The lowest BCUT2D eigenvalue weighted by Crippen LogP contribution is -2.15. The quantitative estimate of drug-likeness (QED) is 0.299. The minimum atomic E-state index is 0.0121. The predicted octanol–water partition coefficient (Wildman–Crippen LogP) is 0.731. The molecule has 0 aliphatic carbocycles. The summed E-state index contributed by atoms with van der Waals surface area (Å²) in [6.07, 6.45) is 3.52. The first-order valence-electron chi connectivity index (χ1n) is 3.03. The van der Waals surface area contributed by atoms with Gasteiger partial charge in [-0.1, -0.05) is 12.2 Å². The van der Waals surface area contributed by atoms with Gasteiger partial charge in [-0.2, -0.15) is 0 Å². The van der Waals surface area contributed by atoms with Gasteiger partial charge in [0.25, 0.3) is 0 Å². The standard InChI is InChI=1S/C7H13N3/c1-3-4-6(5(2)8)7(9)10/h3-4H,8H2,1-2H3,(H3,9,10)/b4-3+,6-5+. The molecular weight excluding hydrogens is 126 g/mol. The highest BCUT2D eigenvalue weighted by Gasteiger charge is 1.96. The number of nitrogens with one attached hydrogen (secondary N) is 1. The van der Waals surface area contributed by atoms with Crippen LogP contribution in [0.2, 0.25) is 0 Å². The van der Waals surface area contributed by atoms with Crippen molar-refractivity contribution in [2.45, 2.75) is 13.8 Å². The first-order chi connectivity index (χ1) is 4.59. The maximum Gasteiger partial charge on any atom is 0.124 e. The maximum atomic E-state index is 7.07. The molecular formula is C7H13N3. The fourth-order valence-electron chi connectivity index (χ4n) is 0.600. The Balaban J connectivity index is 4.61. The van der Waals surface area contributed by atoms with Gasteiger partial charge in [0.05, 0.1) is 0 Å². The summed E-state index contributed by atoms with van der Waals surface area (Å²) >= 11 is 0. The molecule has 3 nitrogen and oxygen atoms in total. The van der Waals surface area contributed by atoms with Crippen molar-refractivity contribution >= 4 is 5.84 Å². The lowest BCUT2D eigenvalue weighted by molar-refractivity contribution is 1.27. The Bertz CT molecular complexity index is 185. The molecule has 0 rings (SSSR count). The molecule has 0 radical (unpaired) electrons. The summed E-state index contributed by atoms with van der Waals surface area (Å²) in [5.41, 5.74) is 11.8.